The molecule has 6 heteroatoms. The van der Waals surface area contributed by atoms with Crippen molar-refractivity contribution < 1.29 is 9.59 Å². The Morgan fingerprint density at radius 1 is 1.22 bits per heavy atom. The van der Waals surface area contributed by atoms with Gasteiger partial charge in [0.2, 0.25) is 11.8 Å². The quantitative estimate of drug-likeness (QED) is 0.872. The Balaban J connectivity index is 2.02. The van der Waals surface area contributed by atoms with Crippen LogP contribution in [0.5, 0.6) is 0 Å². The minimum atomic E-state index is -0.237. The van der Waals surface area contributed by atoms with Gasteiger partial charge in [0.05, 0.1) is 5.69 Å². The molecule has 1 N–H and O–H groups in total. The molecule has 0 aliphatic heterocycles. The Bertz CT molecular complexity index is 704. The molecule has 0 saturated heterocycles. The summed E-state index contributed by atoms with van der Waals surface area (Å²) in [5, 5.41) is 2.82. The Kier molecular flexibility index (Phi) is 5.87. The van der Waals surface area contributed by atoms with E-state index in [9.17, 15) is 9.59 Å². The van der Waals surface area contributed by atoms with E-state index in [0.29, 0.717) is 12.2 Å². The van der Waals surface area contributed by atoms with Crippen LogP contribution in [0, 0.1) is 6.92 Å². The number of pyridine rings is 1. The third-order valence-corrected chi connectivity index (χ3v) is 3.96. The predicted octanol–water partition coefficient (Wildman–Crippen LogP) is 3.14. The summed E-state index contributed by atoms with van der Waals surface area (Å²) in [5.41, 5.74) is 2.71. The first kappa shape index (κ1) is 17.1. The molecule has 120 valence electrons. The van der Waals surface area contributed by atoms with Crippen LogP contribution in [-0.2, 0) is 16.1 Å². The third kappa shape index (κ3) is 5.17. The zero-order valence-corrected chi connectivity index (χ0v) is 14.6. The maximum Gasteiger partial charge on any atom is 0.244 e. The van der Waals surface area contributed by atoms with Gasteiger partial charge in [-0.3, -0.25) is 14.6 Å². The Hall–Kier alpha value is -2.21. The van der Waals surface area contributed by atoms with Crippen LogP contribution in [0.2, 0.25) is 0 Å². The van der Waals surface area contributed by atoms with Crippen molar-refractivity contribution in [3.63, 3.8) is 0 Å². The van der Waals surface area contributed by atoms with Gasteiger partial charge in [0.1, 0.15) is 6.54 Å². The normalized spacial score (nSPS) is 10.2. The van der Waals surface area contributed by atoms with Crippen LogP contribution in [-0.4, -0.2) is 28.2 Å². The lowest BCUT2D eigenvalue weighted by Gasteiger charge is -2.20. The number of amides is 2. The van der Waals surface area contributed by atoms with E-state index >= 15 is 0 Å². The van der Waals surface area contributed by atoms with Crippen LogP contribution in [0.4, 0.5) is 5.69 Å². The van der Waals surface area contributed by atoms with Gasteiger partial charge in [-0.05, 0) is 58.2 Å². The second-order valence-corrected chi connectivity index (χ2v) is 6.12. The number of benzene rings is 1. The predicted molar refractivity (Wildman–Crippen MR) is 92.8 cm³/mol. The molecule has 1 heterocycles. The first-order chi connectivity index (χ1) is 11.0. The second-order valence-electron chi connectivity index (χ2n) is 5.26. The number of aryl methyl sites for hydroxylation is 1. The van der Waals surface area contributed by atoms with Gasteiger partial charge >= 0.3 is 0 Å². The minimum Gasteiger partial charge on any atom is -0.329 e. The molecule has 2 aromatic rings. The molecule has 0 aliphatic rings. The number of hydrogen-bond acceptors (Lipinski definition) is 3. The smallest absolute Gasteiger partial charge is 0.244 e. The molecule has 0 bridgehead atoms. The molecule has 5 nitrogen and oxygen atoms in total. The summed E-state index contributed by atoms with van der Waals surface area (Å²) in [6, 6.07) is 9.32. The summed E-state index contributed by atoms with van der Waals surface area (Å²) in [6.45, 7) is 3.80. The van der Waals surface area contributed by atoms with E-state index in [-0.39, 0.29) is 18.4 Å². The fourth-order valence-corrected chi connectivity index (χ4v) is 2.66. The Morgan fingerprint density at radius 2 is 1.91 bits per heavy atom. The number of anilines is 1. The molecule has 0 fully saturated rings. The van der Waals surface area contributed by atoms with Crippen LogP contribution >= 0.6 is 15.9 Å². The van der Waals surface area contributed by atoms with Gasteiger partial charge in [-0.15, -0.1) is 0 Å². The number of rotatable bonds is 5. The maximum absolute atomic E-state index is 12.2. The maximum atomic E-state index is 12.2. The fourth-order valence-electron chi connectivity index (χ4n) is 2.07. The highest BCUT2D eigenvalue weighted by Crippen LogP contribution is 2.23. The van der Waals surface area contributed by atoms with E-state index in [2.05, 4.69) is 26.2 Å². The second kappa shape index (κ2) is 7.87. The molecule has 1 aromatic carbocycles. The standard InChI is InChI=1S/C17H18BrN3O2/c1-12-3-4-16(15(18)9-12)20-17(23)11-21(13(2)22)10-14-5-7-19-8-6-14/h3-9H,10-11H2,1-2H3,(H,20,23). The van der Waals surface area contributed by atoms with Crippen molar-refractivity contribution >= 4 is 33.4 Å². The molecule has 0 atom stereocenters. The zero-order chi connectivity index (χ0) is 16.8. The Labute approximate surface area is 143 Å². The van der Waals surface area contributed by atoms with Crippen LogP contribution in [0.15, 0.2) is 47.2 Å². The molecular formula is C17H18BrN3O2. The lowest BCUT2D eigenvalue weighted by Crippen LogP contribution is -2.36. The zero-order valence-electron chi connectivity index (χ0n) is 13.0. The first-order valence-electron chi connectivity index (χ1n) is 7.16. The molecule has 0 radical (unpaired) electrons. The fraction of sp³-hybridized carbons (Fsp3) is 0.235. The summed E-state index contributed by atoms with van der Waals surface area (Å²) >= 11 is 3.42. The van der Waals surface area contributed by atoms with Crippen molar-refractivity contribution in [2.75, 3.05) is 11.9 Å². The van der Waals surface area contributed by atoms with E-state index in [1.807, 2.05) is 37.3 Å². The van der Waals surface area contributed by atoms with E-state index in [1.165, 1.54) is 11.8 Å². The highest BCUT2D eigenvalue weighted by Gasteiger charge is 2.15. The monoisotopic (exact) mass is 375 g/mol. The average Bonchev–Trinajstić information content (AvgIpc) is 2.50. The van der Waals surface area contributed by atoms with E-state index < -0.39 is 0 Å². The van der Waals surface area contributed by atoms with Crippen LogP contribution in [0.1, 0.15) is 18.1 Å². The van der Waals surface area contributed by atoms with Gasteiger partial charge in [-0.25, -0.2) is 0 Å². The molecule has 23 heavy (non-hydrogen) atoms. The third-order valence-electron chi connectivity index (χ3n) is 3.30. The van der Waals surface area contributed by atoms with Gasteiger partial charge in [0.15, 0.2) is 0 Å². The largest absolute Gasteiger partial charge is 0.329 e. The number of halogens is 1. The van der Waals surface area contributed by atoms with Crippen molar-refractivity contribution in [3.05, 3.63) is 58.3 Å². The molecule has 2 rings (SSSR count). The van der Waals surface area contributed by atoms with Gasteiger partial charge in [-0.2, -0.15) is 0 Å². The van der Waals surface area contributed by atoms with Crippen LogP contribution < -0.4 is 5.32 Å². The van der Waals surface area contributed by atoms with Gasteiger partial charge in [-0.1, -0.05) is 6.07 Å². The molecular weight excluding hydrogens is 358 g/mol. The number of aromatic nitrogens is 1. The molecule has 0 saturated carbocycles. The summed E-state index contributed by atoms with van der Waals surface area (Å²) in [5.74, 6) is -0.390. The average molecular weight is 376 g/mol. The molecule has 1 aromatic heterocycles. The Morgan fingerprint density at radius 3 is 2.52 bits per heavy atom. The van der Waals surface area contributed by atoms with Crippen LogP contribution in [0.3, 0.4) is 0 Å². The van der Waals surface area contributed by atoms with Crippen LogP contribution in [0.25, 0.3) is 0 Å². The molecule has 0 aliphatic carbocycles. The van der Waals surface area contributed by atoms with Crippen molar-refractivity contribution in [2.45, 2.75) is 20.4 Å². The van der Waals surface area contributed by atoms with E-state index in [0.717, 1.165) is 15.6 Å². The van der Waals surface area contributed by atoms with Gasteiger partial charge in [0, 0.05) is 30.3 Å². The van der Waals surface area contributed by atoms with Gasteiger partial charge < -0.3 is 10.2 Å². The summed E-state index contributed by atoms with van der Waals surface area (Å²) in [7, 11) is 0. The number of nitrogens with zero attached hydrogens (tertiary/aromatic N) is 2. The number of hydrogen-bond donors (Lipinski definition) is 1. The highest BCUT2D eigenvalue weighted by atomic mass is 79.9. The van der Waals surface area contributed by atoms with Crippen molar-refractivity contribution in [1.29, 1.82) is 0 Å². The van der Waals surface area contributed by atoms with Crippen molar-refractivity contribution in [3.8, 4) is 0 Å². The number of carbonyl (C=O) groups excluding carboxylic acids is 2. The van der Waals surface area contributed by atoms with Gasteiger partial charge in [0.25, 0.3) is 0 Å². The summed E-state index contributed by atoms with van der Waals surface area (Å²) < 4.78 is 0.814. The SMILES string of the molecule is CC(=O)N(CC(=O)Nc1ccc(C)cc1Br)Cc1ccncc1. The van der Waals surface area contributed by atoms with E-state index in [1.54, 1.807) is 12.4 Å². The van der Waals surface area contributed by atoms with Crippen molar-refractivity contribution in [1.82, 2.24) is 9.88 Å². The lowest BCUT2D eigenvalue weighted by atomic mass is 10.2. The molecule has 0 unspecified atom stereocenters. The van der Waals surface area contributed by atoms with Crippen molar-refractivity contribution in [2.24, 2.45) is 0 Å². The topological polar surface area (TPSA) is 62.3 Å². The van der Waals surface area contributed by atoms with E-state index in [4.69, 9.17) is 0 Å². The molecule has 0 spiro atoms. The summed E-state index contributed by atoms with van der Waals surface area (Å²) in [4.78, 5) is 29.4. The first-order valence-corrected chi connectivity index (χ1v) is 7.95. The minimum absolute atomic E-state index is 0.00201. The number of nitrogens with one attached hydrogen (secondary N) is 1. The highest BCUT2D eigenvalue weighted by molar-refractivity contribution is 9.10. The molecule has 2 amide bonds. The summed E-state index contributed by atoms with van der Waals surface area (Å²) in [6.07, 6.45) is 3.33. The lowest BCUT2D eigenvalue weighted by molar-refractivity contribution is -0.133. The number of carbonyl (C=O) groups is 2.